The number of rotatable bonds is 11. The third-order valence-corrected chi connectivity index (χ3v) is 3.15. The number of ether oxygens (including phenoxy) is 2. The van der Waals surface area contributed by atoms with Gasteiger partial charge in [-0.3, -0.25) is 4.90 Å². The van der Waals surface area contributed by atoms with Gasteiger partial charge < -0.3 is 14.4 Å². The van der Waals surface area contributed by atoms with Crippen LogP contribution < -0.4 is 0 Å². The predicted molar refractivity (Wildman–Crippen MR) is 72.6 cm³/mol. The molecule has 4 nitrogen and oxygen atoms in total. The van der Waals surface area contributed by atoms with Gasteiger partial charge in [0.05, 0.1) is 13.2 Å². The first-order chi connectivity index (χ1) is 8.19. The third-order valence-electron chi connectivity index (χ3n) is 3.15. The lowest BCUT2D eigenvalue weighted by atomic mass is 10.2. The first-order valence-electron chi connectivity index (χ1n) is 6.68. The summed E-state index contributed by atoms with van der Waals surface area (Å²) in [6, 6.07) is 0.464. The highest BCUT2D eigenvalue weighted by atomic mass is 16.5. The van der Waals surface area contributed by atoms with Crippen LogP contribution >= 0.6 is 0 Å². The van der Waals surface area contributed by atoms with E-state index in [1.54, 1.807) is 7.11 Å². The number of likely N-dealkylation sites (N-methyl/N-ethyl adjacent to an activating group) is 2. The van der Waals surface area contributed by atoms with Gasteiger partial charge in [-0.05, 0) is 27.1 Å². The molecule has 17 heavy (non-hydrogen) atoms. The minimum Gasteiger partial charge on any atom is -0.383 e. The van der Waals surface area contributed by atoms with E-state index in [1.807, 2.05) is 6.92 Å². The molecule has 0 amide bonds. The molecule has 0 aliphatic heterocycles. The maximum Gasteiger partial charge on any atom is 0.0630 e. The highest BCUT2D eigenvalue weighted by molar-refractivity contribution is 4.72. The van der Waals surface area contributed by atoms with Crippen molar-refractivity contribution in [3.05, 3.63) is 0 Å². The highest BCUT2D eigenvalue weighted by Gasteiger charge is 2.16. The van der Waals surface area contributed by atoms with Crippen molar-refractivity contribution < 1.29 is 9.47 Å². The minimum atomic E-state index is 0.464. The van der Waals surface area contributed by atoms with Gasteiger partial charge in [0.15, 0.2) is 0 Å². The van der Waals surface area contributed by atoms with E-state index < -0.39 is 0 Å². The number of nitrogens with zero attached hydrogens (tertiary/aromatic N) is 2. The summed E-state index contributed by atoms with van der Waals surface area (Å²) in [4.78, 5) is 4.76. The quantitative estimate of drug-likeness (QED) is 0.513. The molecule has 0 N–H and O–H groups in total. The molecule has 0 aliphatic carbocycles. The molecule has 0 fully saturated rings. The van der Waals surface area contributed by atoms with Crippen LogP contribution in [-0.2, 0) is 9.47 Å². The topological polar surface area (TPSA) is 24.9 Å². The molecule has 0 aromatic heterocycles. The molecule has 0 aromatic rings. The fourth-order valence-corrected chi connectivity index (χ4v) is 1.78. The molecule has 1 atom stereocenters. The molecule has 0 bridgehead atoms. The van der Waals surface area contributed by atoms with Gasteiger partial charge in [0.2, 0.25) is 0 Å². The Morgan fingerprint density at radius 1 is 1.12 bits per heavy atom. The van der Waals surface area contributed by atoms with Crippen LogP contribution in [-0.4, -0.2) is 76.0 Å². The lowest BCUT2D eigenvalue weighted by Crippen LogP contribution is -2.45. The van der Waals surface area contributed by atoms with Crippen molar-refractivity contribution in [2.75, 3.05) is 60.2 Å². The van der Waals surface area contributed by atoms with Crippen LogP contribution in [0.4, 0.5) is 0 Å². The van der Waals surface area contributed by atoms with E-state index in [-0.39, 0.29) is 0 Å². The lowest BCUT2D eigenvalue weighted by Gasteiger charge is -2.31. The summed E-state index contributed by atoms with van der Waals surface area (Å²) >= 11 is 0. The molecule has 0 rings (SSSR count). The Morgan fingerprint density at radius 2 is 1.82 bits per heavy atom. The second kappa shape index (κ2) is 11.0. The van der Waals surface area contributed by atoms with Crippen molar-refractivity contribution in [1.29, 1.82) is 0 Å². The zero-order chi connectivity index (χ0) is 13.1. The lowest BCUT2D eigenvalue weighted by molar-refractivity contribution is 0.0655. The Bertz CT molecular complexity index is 167. The summed E-state index contributed by atoms with van der Waals surface area (Å²) in [5.74, 6) is 0. The van der Waals surface area contributed by atoms with Gasteiger partial charge in [0.1, 0.15) is 0 Å². The van der Waals surface area contributed by atoms with Crippen LogP contribution in [0.2, 0.25) is 0 Å². The van der Waals surface area contributed by atoms with E-state index >= 15 is 0 Å². The molecule has 0 spiro atoms. The van der Waals surface area contributed by atoms with E-state index in [2.05, 4.69) is 30.7 Å². The van der Waals surface area contributed by atoms with Crippen molar-refractivity contribution in [3.8, 4) is 0 Å². The summed E-state index contributed by atoms with van der Waals surface area (Å²) in [6.07, 6.45) is 0. The Hall–Kier alpha value is -0.160. The number of methoxy groups -OCH3 is 1. The molecule has 0 saturated carbocycles. The van der Waals surface area contributed by atoms with Crippen molar-refractivity contribution in [2.45, 2.75) is 26.8 Å². The zero-order valence-electron chi connectivity index (χ0n) is 12.2. The molecule has 0 aromatic carbocycles. The van der Waals surface area contributed by atoms with Crippen LogP contribution in [0.5, 0.6) is 0 Å². The average Bonchev–Trinajstić information content (AvgIpc) is 2.35. The fourth-order valence-electron chi connectivity index (χ4n) is 1.78. The van der Waals surface area contributed by atoms with Crippen molar-refractivity contribution in [1.82, 2.24) is 9.80 Å². The molecule has 0 aliphatic rings. The van der Waals surface area contributed by atoms with Crippen molar-refractivity contribution in [3.63, 3.8) is 0 Å². The SMILES string of the molecule is CCOCCN(CC)CC(COC)N(C)CC. The zero-order valence-corrected chi connectivity index (χ0v) is 12.2. The summed E-state index contributed by atoms with van der Waals surface area (Å²) < 4.78 is 10.7. The van der Waals surface area contributed by atoms with Crippen LogP contribution in [0.15, 0.2) is 0 Å². The normalized spacial score (nSPS) is 13.6. The molecule has 1 unspecified atom stereocenters. The summed E-state index contributed by atoms with van der Waals surface area (Å²) in [5.41, 5.74) is 0. The van der Waals surface area contributed by atoms with Crippen LogP contribution in [0.1, 0.15) is 20.8 Å². The third kappa shape index (κ3) is 7.71. The Kier molecular flexibility index (Phi) is 10.9. The van der Waals surface area contributed by atoms with Gasteiger partial charge >= 0.3 is 0 Å². The van der Waals surface area contributed by atoms with Crippen LogP contribution in [0.25, 0.3) is 0 Å². The first kappa shape index (κ1) is 16.8. The Balaban J connectivity index is 4.08. The van der Waals surface area contributed by atoms with Gasteiger partial charge in [-0.15, -0.1) is 0 Å². The summed E-state index contributed by atoms with van der Waals surface area (Å²) in [5, 5.41) is 0. The van der Waals surface area contributed by atoms with E-state index in [1.165, 1.54) is 0 Å². The van der Waals surface area contributed by atoms with Crippen LogP contribution in [0.3, 0.4) is 0 Å². The molecular weight excluding hydrogens is 216 g/mol. The second-order valence-corrected chi connectivity index (χ2v) is 4.27. The fraction of sp³-hybridized carbons (Fsp3) is 1.00. The average molecular weight is 246 g/mol. The predicted octanol–water partition coefficient (Wildman–Crippen LogP) is 1.31. The maximum atomic E-state index is 5.41. The summed E-state index contributed by atoms with van der Waals surface area (Å²) in [7, 11) is 3.92. The van der Waals surface area contributed by atoms with Gasteiger partial charge in [-0.1, -0.05) is 13.8 Å². The summed E-state index contributed by atoms with van der Waals surface area (Å²) in [6.45, 7) is 13.0. The molecule has 0 radical (unpaired) electrons. The second-order valence-electron chi connectivity index (χ2n) is 4.27. The van der Waals surface area contributed by atoms with Crippen molar-refractivity contribution >= 4 is 0 Å². The van der Waals surface area contributed by atoms with Gasteiger partial charge in [-0.2, -0.15) is 0 Å². The van der Waals surface area contributed by atoms with E-state index in [0.29, 0.717) is 6.04 Å². The first-order valence-corrected chi connectivity index (χ1v) is 6.68. The van der Waals surface area contributed by atoms with Crippen molar-refractivity contribution in [2.24, 2.45) is 0 Å². The number of hydrogen-bond acceptors (Lipinski definition) is 4. The standard InChI is InChI=1S/C13H30N2O2/c1-6-14(4)13(12-16-5)11-15(7-2)9-10-17-8-3/h13H,6-12H2,1-5H3. The molecular formula is C13H30N2O2. The smallest absolute Gasteiger partial charge is 0.0630 e. The van der Waals surface area contributed by atoms with Gasteiger partial charge in [0.25, 0.3) is 0 Å². The minimum absolute atomic E-state index is 0.464. The largest absolute Gasteiger partial charge is 0.383 e. The maximum absolute atomic E-state index is 5.41. The molecule has 0 heterocycles. The van der Waals surface area contributed by atoms with Gasteiger partial charge in [-0.25, -0.2) is 0 Å². The van der Waals surface area contributed by atoms with Gasteiger partial charge in [0, 0.05) is 32.8 Å². The Labute approximate surface area is 107 Å². The molecule has 4 heteroatoms. The molecule has 104 valence electrons. The van der Waals surface area contributed by atoms with Crippen LogP contribution in [0, 0.1) is 0 Å². The Morgan fingerprint density at radius 3 is 2.29 bits per heavy atom. The molecule has 0 saturated heterocycles. The highest BCUT2D eigenvalue weighted by Crippen LogP contribution is 2.01. The van der Waals surface area contributed by atoms with E-state index in [9.17, 15) is 0 Å². The van der Waals surface area contributed by atoms with E-state index in [0.717, 1.165) is 46.0 Å². The monoisotopic (exact) mass is 246 g/mol. The van der Waals surface area contributed by atoms with E-state index in [4.69, 9.17) is 9.47 Å². The number of hydrogen-bond donors (Lipinski definition) is 0.